The van der Waals surface area contributed by atoms with Crippen LogP contribution in [0.4, 0.5) is 28.4 Å². The second-order valence-corrected chi connectivity index (χ2v) is 18.7. The molecule has 10 aromatic carbocycles. The van der Waals surface area contributed by atoms with Gasteiger partial charge in [-0.15, -0.1) is 0 Å². The van der Waals surface area contributed by atoms with Crippen molar-refractivity contribution in [3.8, 4) is 33.4 Å². The van der Waals surface area contributed by atoms with Crippen LogP contribution in [0.25, 0.3) is 44.2 Å². The van der Waals surface area contributed by atoms with Crippen molar-refractivity contribution in [2.24, 2.45) is 0 Å². The summed E-state index contributed by atoms with van der Waals surface area (Å²) < 4.78 is 0. The van der Waals surface area contributed by atoms with Gasteiger partial charge in [-0.25, -0.2) is 0 Å². The molecule has 0 atom stereocenters. The van der Waals surface area contributed by atoms with E-state index in [4.69, 9.17) is 0 Å². The monoisotopic (exact) mass is 826 g/mol. The fourth-order valence-electron chi connectivity index (χ4n) is 12.7. The van der Waals surface area contributed by atoms with Crippen molar-refractivity contribution in [3.63, 3.8) is 0 Å². The Bertz CT molecular complexity index is 3560. The Labute approximate surface area is 380 Å². The first kappa shape index (κ1) is 36.6. The maximum Gasteiger partial charge on any atom is 0.333 e. The molecule has 1 aliphatic carbocycles. The molecule has 0 aromatic heterocycles. The zero-order chi connectivity index (χ0) is 43.0. The van der Waals surface area contributed by atoms with Crippen molar-refractivity contribution in [2.75, 3.05) is 9.71 Å². The molecule has 0 amide bonds. The molecule has 0 saturated carbocycles. The maximum atomic E-state index is 2.76. The first-order chi connectivity index (χ1) is 32.0. The average molecular weight is 827 g/mol. The lowest BCUT2D eigenvalue weighted by Gasteiger charge is -2.52. The summed E-state index contributed by atoms with van der Waals surface area (Å²) in [7, 11) is 0. The van der Waals surface area contributed by atoms with Crippen LogP contribution in [0.1, 0.15) is 47.2 Å². The Kier molecular flexibility index (Phi) is 7.50. The van der Waals surface area contributed by atoms with Gasteiger partial charge in [0, 0.05) is 33.7 Å². The van der Waals surface area contributed by atoms with Gasteiger partial charge in [-0.3, -0.25) is 0 Å². The van der Waals surface area contributed by atoms with Crippen molar-refractivity contribution in [2.45, 2.75) is 24.7 Å². The number of rotatable bonds is 4. The molecule has 0 bridgehead atoms. The number of fused-ring (bicyclic) bond motifs is 11. The largest absolute Gasteiger partial charge is 0.376 e. The van der Waals surface area contributed by atoms with Crippen LogP contribution in [0.15, 0.2) is 224 Å². The molecule has 10 aromatic rings. The average Bonchev–Trinajstić information content (AvgIpc) is 3.61. The molecule has 65 heavy (non-hydrogen) atoms. The molecule has 3 heteroatoms. The van der Waals surface area contributed by atoms with Crippen LogP contribution in [0.5, 0.6) is 0 Å². The van der Waals surface area contributed by atoms with E-state index < -0.39 is 5.41 Å². The fraction of sp³-hybridized carbons (Fsp3) is 0.0645. The highest BCUT2D eigenvalue weighted by Crippen LogP contribution is 2.61. The molecule has 304 valence electrons. The summed E-state index contributed by atoms with van der Waals surface area (Å²) in [6.45, 7) is 4.70. The van der Waals surface area contributed by atoms with Gasteiger partial charge in [0.2, 0.25) is 0 Å². The topological polar surface area (TPSA) is 6.48 Å². The smallest absolute Gasteiger partial charge is 0.333 e. The molecule has 3 heterocycles. The quantitative estimate of drug-likeness (QED) is 0.163. The van der Waals surface area contributed by atoms with Crippen LogP contribution in [-0.4, -0.2) is 6.85 Å². The molecule has 0 spiro atoms. The maximum absolute atomic E-state index is 2.76. The molecule has 2 nitrogen and oxygen atoms in total. The predicted molar refractivity (Wildman–Crippen MR) is 273 cm³/mol. The Hall–Kier alpha value is -7.88. The second-order valence-electron chi connectivity index (χ2n) is 18.7. The number of hydrogen-bond donors (Lipinski definition) is 0. The van der Waals surface area contributed by atoms with Gasteiger partial charge in [0.15, 0.2) is 0 Å². The number of anilines is 5. The van der Waals surface area contributed by atoms with E-state index in [1.165, 1.54) is 117 Å². The fourth-order valence-corrected chi connectivity index (χ4v) is 12.7. The van der Waals surface area contributed by atoms with E-state index in [1.807, 2.05) is 0 Å². The van der Waals surface area contributed by atoms with Gasteiger partial charge < -0.3 is 9.71 Å². The summed E-state index contributed by atoms with van der Waals surface area (Å²) in [4.78, 5) is 5.40. The second kappa shape index (κ2) is 13.3. The highest BCUT2D eigenvalue weighted by Gasteiger charge is 2.54. The standard InChI is InChI=1S/C62H43BN2/c1-61(2)49-30-15-14-28-46(49)47-29-18-35-54(58(47)61)65-55-38-41(40-20-6-3-7-21-40)36-37-48(55)57-45-27-13-12-22-42(45)39-56-59(57)63(65)52-33-19-32-51-60(52)64(56)53-34-17-16-31-50(53)62(51,43-23-8-4-9-24-43)44-25-10-5-11-26-44/h3-39H,1-2H3. The van der Waals surface area contributed by atoms with Crippen molar-refractivity contribution in [1.82, 2.24) is 0 Å². The lowest BCUT2D eigenvalue weighted by molar-refractivity contribution is 0.661. The first-order valence-electron chi connectivity index (χ1n) is 23.0. The van der Waals surface area contributed by atoms with Crippen LogP contribution in [0.2, 0.25) is 0 Å². The summed E-state index contributed by atoms with van der Waals surface area (Å²) in [6.07, 6.45) is 0. The van der Waals surface area contributed by atoms with E-state index >= 15 is 0 Å². The van der Waals surface area contributed by atoms with Gasteiger partial charge in [-0.1, -0.05) is 214 Å². The van der Waals surface area contributed by atoms with Gasteiger partial charge in [0.05, 0.1) is 11.1 Å². The van der Waals surface area contributed by atoms with Crippen LogP contribution in [0.3, 0.4) is 0 Å². The number of para-hydroxylation sites is 2. The number of nitrogens with zero attached hydrogens (tertiary/aromatic N) is 2. The van der Waals surface area contributed by atoms with Crippen LogP contribution < -0.4 is 20.6 Å². The molecule has 0 unspecified atom stereocenters. The minimum atomic E-state index is -0.590. The Morgan fingerprint density at radius 3 is 1.82 bits per heavy atom. The third-order valence-corrected chi connectivity index (χ3v) is 15.2. The molecule has 14 rings (SSSR count). The molecule has 0 saturated heterocycles. The summed E-state index contributed by atoms with van der Waals surface area (Å²) in [5.74, 6) is 0. The number of hydrogen-bond acceptors (Lipinski definition) is 2. The first-order valence-corrected chi connectivity index (χ1v) is 23.0. The van der Waals surface area contributed by atoms with Gasteiger partial charge in [-0.05, 0) is 107 Å². The zero-order valence-electron chi connectivity index (χ0n) is 36.3. The molecular formula is C62H43BN2. The van der Waals surface area contributed by atoms with Crippen LogP contribution in [-0.2, 0) is 10.8 Å². The van der Waals surface area contributed by atoms with Crippen LogP contribution in [0, 0.1) is 0 Å². The molecular weight excluding hydrogens is 784 g/mol. The van der Waals surface area contributed by atoms with Gasteiger partial charge in [0.25, 0.3) is 0 Å². The van der Waals surface area contributed by atoms with E-state index in [1.54, 1.807) is 0 Å². The highest BCUT2D eigenvalue weighted by atomic mass is 15.2. The van der Waals surface area contributed by atoms with E-state index in [-0.39, 0.29) is 12.3 Å². The van der Waals surface area contributed by atoms with Gasteiger partial charge >= 0.3 is 6.85 Å². The summed E-state index contributed by atoms with van der Waals surface area (Å²) in [5.41, 5.74) is 23.5. The third kappa shape index (κ3) is 4.75. The van der Waals surface area contributed by atoms with Crippen molar-refractivity contribution >= 4 is 57.0 Å². The Balaban J connectivity index is 1.16. The predicted octanol–water partition coefficient (Wildman–Crippen LogP) is 14.2. The van der Waals surface area contributed by atoms with E-state index in [2.05, 4.69) is 248 Å². The normalized spacial score (nSPS) is 15.1. The van der Waals surface area contributed by atoms with Crippen molar-refractivity contribution < 1.29 is 0 Å². The van der Waals surface area contributed by atoms with Crippen molar-refractivity contribution in [1.29, 1.82) is 0 Å². The highest BCUT2D eigenvalue weighted by molar-refractivity contribution is 6.94. The molecule has 3 aliphatic heterocycles. The van der Waals surface area contributed by atoms with E-state index in [0.717, 1.165) is 0 Å². The third-order valence-electron chi connectivity index (χ3n) is 15.2. The van der Waals surface area contributed by atoms with E-state index in [9.17, 15) is 0 Å². The zero-order valence-corrected chi connectivity index (χ0v) is 36.3. The lowest BCUT2D eigenvalue weighted by atomic mass is 9.42. The Morgan fingerprint density at radius 2 is 1.03 bits per heavy atom. The lowest BCUT2D eigenvalue weighted by Crippen LogP contribution is -2.63. The molecule has 0 radical (unpaired) electrons. The minimum absolute atomic E-state index is 0.158. The minimum Gasteiger partial charge on any atom is -0.376 e. The van der Waals surface area contributed by atoms with E-state index in [0.29, 0.717) is 0 Å². The summed E-state index contributed by atoms with van der Waals surface area (Å²) in [6, 6.07) is 84.7. The molecule has 0 fully saturated rings. The molecule has 4 aliphatic rings. The summed E-state index contributed by atoms with van der Waals surface area (Å²) >= 11 is 0. The Morgan fingerprint density at radius 1 is 0.415 bits per heavy atom. The number of benzene rings is 10. The SMILES string of the molecule is CC1(C)c2ccccc2-c2cccc(N3B4c5cccc6c5N(c5ccccc5C6(c5ccccc5)c5ccccc5)c5cc6ccccc6c(c54)-c4ccc(-c5ccccc5)cc43)c21. The van der Waals surface area contributed by atoms with Gasteiger partial charge in [0.1, 0.15) is 0 Å². The van der Waals surface area contributed by atoms with Crippen molar-refractivity contribution in [3.05, 3.63) is 258 Å². The van der Waals surface area contributed by atoms with Crippen LogP contribution >= 0.6 is 0 Å². The summed E-state index contributed by atoms with van der Waals surface area (Å²) in [5, 5.41) is 2.52. The molecule has 0 N–H and O–H groups in total. The van der Waals surface area contributed by atoms with Gasteiger partial charge in [-0.2, -0.15) is 0 Å².